The molecule has 1 saturated heterocycles. The lowest BCUT2D eigenvalue weighted by atomic mass is 10.0. The minimum absolute atomic E-state index is 0.424. The van der Waals surface area contributed by atoms with Crippen LogP contribution in [0.15, 0.2) is 60.8 Å². The molecule has 1 aromatic heterocycles. The number of anilines is 4. The van der Waals surface area contributed by atoms with E-state index in [4.69, 9.17) is 10.7 Å². The van der Waals surface area contributed by atoms with Crippen LogP contribution in [-0.2, 0) is 0 Å². The van der Waals surface area contributed by atoms with Crippen LogP contribution in [0.25, 0.3) is 5.57 Å². The number of rotatable bonds is 8. The number of nitrogens with two attached hydrogens (primary N) is 1. The van der Waals surface area contributed by atoms with E-state index in [-0.39, 0.29) is 0 Å². The third-order valence-corrected chi connectivity index (χ3v) is 5.98. The fourth-order valence-corrected chi connectivity index (χ4v) is 4.03. The van der Waals surface area contributed by atoms with Crippen molar-refractivity contribution in [3.05, 3.63) is 78.0 Å². The number of nitrogens with zero attached hydrogens (tertiary/aromatic N) is 4. The third-order valence-electron chi connectivity index (χ3n) is 5.98. The summed E-state index contributed by atoms with van der Waals surface area (Å²) in [5, 5.41) is 3.11. The number of aromatic nitrogens is 2. The van der Waals surface area contributed by atoms with Crippen LogP contribution in [0, 0.1) is 11.6 Å². The highest BCUT2D eigenvalue weighted by molar-refractivity contribution is 5.66. The summed E-state index contributed by atoms with van der Waals surface area (Å²) < 4.78 is 27.1. The van der Waals surface area contributed by atoms with Crippen LogP contribution in [0.4, 0.5) is 32.1 Å². The molecule has 0 amide bonds. The molecule has 0 saturated carbocycles. The first-order chi connectivity index (χ1) is 16.5. The fourth-order valence-electron chi connectivity index (χ4n) is 4.03. The highest BCUT2D eigenvalue weighted by Crippen LogP contribution is 2.26. The SMILES string of the molecule is CN(CC/C(=C/N)c1ccccc1)c1nc(Nc2ccc(F)c(F)c2)cc(N2CCCCC2)n1. The maximum atomic E-state index is 13.7. The van der Waals surface area contributed by atoms with E-state index in [1.165, 1.54) is 12.5 Å². The lowest BCUT2D eigenvalue weighted by molar-refractivity contribution is 0.509. The molecule has 1 aliphatic rings. The summed E-state index contributed by atoms with van der Waals surface area (Å²) in [5.41, 5.74) is 8.45. The second-order valence-electron chi connectivity index (χ2n) is 8.44. The summed E-state index contributed by atoms with van der Waals surface area (Å²) in [4.78, 5) is 13.7. The summed E-state index contributed by atoms with van der Waals surface area (Å²) in [7, 11) is 1.94. The molecular formula is C26H30F2N6. The number of hydrogen-bond donors (Lipinski definition) is 2. The van der Waals surface area contributed by atoms with Crippen LogP contribution in [-0.4, -0.2) is 36.6 Å². The van der Waals surface area contributed by atoms with Gasteiger partial charge in [-0.25, -0.2) is 8.78 Å². The van der Waals surface area contributed by atoms with Gasteiger partial charge >= 0.3 is 0 Å². The van der Waals surface area contributed by atoms with E-state index in [1.807, 2.05) is 48.3 Å². The van der Waals surface area contributed by atoms with Crippen molar-refractivity contribution in [1.29, 1.82) is 0 Å². The first-order valence-corrected chi connectivity index (χ1v) is 11.6. The van der Waals surface area contributed by atoms with Gasteiger partial charge in [0.05, 0.1) is 0 Å². The Labute approximate surface area is 199 Å². The van der Waals surface area contributed by atoms with Gasteiger partial charge in [-0.1, -0.05) is 30.3 Å². The van der Waals surface area contributed by atoms with Crippen molar-refractivity contribution in [3.63, 3.8) is 0 Å². The molecule has 0 radical (unpaired) electrons. The smallest absolute Gasteiger partial charge is 0.229 e. The molecule has 34 heavy (non-hydrogen) atoms. The predicted molar refractivity (Wildman–Crippen MR) is 134 cm³/mol. The van der Waals surface area contributed by atoms with Gasteiger partial charge in [-0.3, -0.25) is 0 Å². The Bertz CT molecular complexity index is 1130. The van der Waals surface area contributed by atoms with Crippen LogP contribution >= 0.6 is 0 Å². The highest BCUT2D eigenvalue weighted by Gasteiger charge is 2.17. The normalized spacial score (nSPS) is 14.2. The summed E-state index contributed by atoms with van der Waals surface area (Å²) in [5.74, 6) is 0.109. The molecule has 178 valence electrons. The van der Waals surface area contributed by atoms with Crippen LogP contribution in [0.5, 0.6) is 0 Å². The average molecular weight is 465 g/mol. The molecule has 4 rings (SSSR count). The van der Waals surface area contributed by atoms with E-state index < -0.39 is 11.6 Å². The van der Waals surface area contributed by atoms with Crippen molar-refractivity contribution in [2.45, 2.75) is 25.7 Å². The predicted octanol–water partition coefficient (Wildman–Crippen LogP) is 5.31. The maximum Gasteiger partial charge on any atom is 0.229 e. The number of hydrogen-bond acceptors (Lipinski definition) is 6. The molecule has 0 unspecified atom stereocenters. The van der Waals surface area contributed by atoms with Crippen LogP contribution in [0.2, 0.25) is 0 Å². The van der Waals surface area contributed by atoms with Gasteiger partial charge in [-0.15, -0.1) is 0 Å². The Morgan fingerprint density at radius 2 is 1.79 bits per heavy atom. The Hall–Kier alpha value is -3.68. The number of halogens is 2. The Morgan fingerprint density at radius 3 is 2.50 bits per heavy atom. The lowest BCUT2D eigenvalue weighted by Crippen LogP contribution is -2.31. The van der Waals surface area contributed by atoms with Crippen LogP contribution < -0.4 is 20.9 Å². The Balaban J connectivity index is 1.56. The van der Waals surface area contributed by atoms with Crippen molar-refractivity contribution in [1.82, 2.24) is 9.97 Å². The van der Waals surface area contributed by atoms with Crippen LogP contribution in [0.3, 0.4) is 0 Å². The summed E-state index contributed by atoms with van der Waals surface area (Å²) in [6, 6.07) is 15.6. The topological polar surface area (TPSA) is 70.3 Å². The van der Waals surface area contributed by atoms with Gasteiger partial charge in [0.15, 0.2) is 11.6 Å². The van der Waals surface area contributed by atoms with Crippen molar-refractivity contribution in [2.24, 2.45) is 5.73 Å². The molecule has 2 heterocycles. The minimum Gasteiger partial charge on any atom is -0.404 e. The molecule has 0 bridgehead atoms. The van der Waals surface area contributed by atoms with E-state index in [0.717, 1.165) is 61.4 Å². The molecule has 1 aliphatic heterocycles. The van der Waals surface area contributed by atoms with Gasteiger partial charge in [-0.05, 0) is 55.2 Å². The van der Waals surface area contributed by atoms with Gasteiger partial charge in [0.25, 0.3) is 0 Å². The van der Waals surface area contributed by atoms with Gasteiger partial charge in [0, 0.05) is 44.5 Å². The monoisotopic (exact) mass is 464 g/mol. The highest BCUT2D eigenvalue weighted by atomic mass is 19.2. The fraction of sp³-hybridized carbons (Fsp3) is 0.308. The third kappa shape index (κ3) is 5.81. The molecular weight excluding hydrogens is 434 g/mol. The zero-order valence-corrected chi connectivity index (χ0v) is 19.3. The van der Waals surface area contributed by atoms with Gasteiger partial charge < -0.3 is 20.9 Å². The largest absolute Gasteiger partial charge is 0.404 e. The first-order valence-electron chi connectivity index (χ1n) is 11.6. The molecule has 0 atom stereocenters. The molecule has 6 nitrogen and oxygen atoms in total. The van der Waals surface area contributed by atoms with Crippen molar-refractivity contribution < 1.29 is 8.78 Å². The summed E-state index contributed by atoms with van der Waals surface area (Å²) in [6.07, 6.45) is 5.80. The van der Waals surface area contributed by atoms with Crippen molar-refractivity contribution in [3.8, 4) is 0 Å². The number of nitrogens with one attached hydrogen (secondary N) is 1. The lowest BCUT2D eigenvalue weighted by Gasteiger charge is -2.29. The number of benzene rings is 2. The molecule has 8 heteroatoms. The molecule has 3 aromatic rings. The minimum atomic E-state index is -0.908. The quantitative estimate of drug-likeness (QED) is 0.471. The molecule has 0 spiro atoms. The average Bonchev–Trinajstić information content (AvgIpc) is 2.87. The van der Waals surface area contributed by atoms with Crippen LogP contribution in [0.1, 0.15) is 31.2 Å². The molecule has 1 fully saturated rings. The standard InChI is InChI=1S/C26H30F2N6/c1-33(15-12-20(18-29)19-8-4-2-5-9-19)26-31-24(30-21-10-11-22(27)23(28)16-21)17-25(32-26)34-13-6-3-7-14-34/h2,4-5,8-11,16-18H,3,6-7,12-15,29H2,1H3,(H,30,31,32)/b20-18-. The van der Waals surface area contributed by atoms with E-state index in [9.17, 15) is 8.78 Å². The maximum absolute atomic E-state index is 13.7. The van der Waals surface area contributed by atoms with Gasteiger partial charge in [-0.2, -0.15) is 9.97 Å². The second kappa shape index (κ2) is 11.0. The van der Waals surface area contributed by atoms with E-state index in [1.54, 1.807) is 6.20 Å². The van der Waals surface area contributed by atoms with E-state index in [0.29, 0.717) is 24.0 Å². The second-order valence-corrected chi connectivity index (χ2v) is 8.44. The number of piperidine rings is 1. The first kappa shape index (κ1) is 23.5. The van der Waals surface area contributed by atoms with E-state index in [2.05, 4.69) is 15.2 Å². The van der Waals surface area contributed by atoms with Gasteiger partial charge in [0.2, 0.25) is 5.95 Å². The summed E-state index contributed by atoms with van der Waals surface area (Å²) in [6.45, 7) is 2.52. The van der Waals surface area contributed by atoms with Gasteiger partial charge in [0.1, 0.15) is 11.6 Å². The van der Waals surface area contributed by atoms with E-state index >= 15 is 0 Å². The van der Waals surface area contributed by atoms with Crippen molar-refractivity contribution >= 4 is 28.8 Å². The zero-order valence-electron chi connectivity index (χ0n) is 19.3. The Morgan fingerprint density at radius 1 is 1.03 bits per heavy atom. The Kier molecular flexibility index (Phi) is 7.57. The molecule has 3 N–H and O–H groups in total. The summed E-state index contributed by atoms with van der Waals surface area (Å²) >= 11 is 0. The molecule has 2 aromatic carbocycles. The molecule has 0 aliphatic carbocycles. The zero-order chi connectivity index (χ0) is 23.9. The van der Waals surface area contributed by atoms with Crippen molar-refractivity contribution in [2.75, 3.05) is 41.8 Å².